The van der Waals surface area contributed by atoms with Crippen molar-refractivity contribution in [3.05, 3.63) is 22.4 Å². The highest BCUT2D eigenvalue weighted by molar-refractivity contribution is 7.07. The van der Waals surface area contributed by atoms with Crippen molar-refractivity contribution >= 4 is 29.7 Å². The molecule has 0 aromatic carbocycles. The maximum atomic E-state index is 11.9. The molecule has 19 heavy (non-hydrogen) atoms. The Morgan fingerprint density at radius 1 is 1.47 bits per heavy atom. The van der Waals surface area contributed by atoms with Gasteiger partial charge in [0.05, 0.1) is 0 Å². The smallest absolute Gasteiger partial charge is 0.222 e. The molecule has 2 N–H and O–H groups in total. The minimum atomic E-state index is 0. The van der Waals surface area contributed by atoms with Gasteiger partial charge in [-0.3, -0.25) is 4.79 Å². The van der Waals surface area contributed by atoms with Crippen molar-refractivity contribution in [2.24, 2.45) is 11.7 Å². The number of nitrogens with two attached hydrogens (primary N) is 1. The lowest BCUT2D eigenvalue weighted by molar-refractivity contribution is -0.129. The molecule has 5 heteroatoms. The lowest BCUT2D eigenvalue weighted by atomic mass is 10.0. The summed E-state index contributed by atoms with van der Waals surface area (Å²) in [6.45, 7) is 4.98. The van der Waals surface area contributed by atoms with Gasteiger partial charge in [0, 0.05) is 26.1 Å². The summed E-state index contributed by atoms with van der Waals surface area (Å²) in [5.41, 5.74) is 7.23. The third kappa shape index (κ3) is 6.95. The van der Waals surface area contributed by atoms with Crippen LogP contribution in [0.15, 0.2) is 16.8 Å². The van der Waals surface area contributed by atoms with Crippen LogP contribution in [0.1, 0.15) is 32.3 Å². The summed E-state index contributed by atoms with van der Waals surface area (Å²) in [5.74, 6) is 0.677. The highest BCUT2D eigenvalue weighted by atomic mass is 35.5. The number of rotatable bonds is 7. The number of thiophene rings is 1. The van der Waals surface area contributed by atoms with Crippen molar-refractivity contribution in [3.8, 4) is 0 Å². The minimum absolute atomic E-state index is 0. The first kappa shape index (κ1) is 18.4. The molecule has 0 saturated carbocycles. The maximum Gasteiger partial charge on any atom is 0.222 e. The second-order valence-electron chi connectivity index (χ2n) is 5.14. The summed E-state index contributed by atoms with van der Waals surface area (Å²) in [7, 11) is 1.86. The highest BCUT2D eigenvalue weighted by Crippen LogP contribution is 2.10. The predicted octanol–water partition coefficient (Wildman–Crippen LogP) is 2.93. The Labute approximate surface area is 126 Å². The Morgan fingerprint density at radius 3 is 2.68 bits per heavy atom. The average molecular weight is 305 g/mol. The van der Waals surface area contributed by atoms with Crippen LogP contribution in [0.5, 0.6) is 0 Å². The number of carbonyl (C=O) groups excluding carboxylic acids is 1. The van der Waals surface area contributed by atoms with Gasteiger partial charge in [-0.2, -0.15) is 11.3 Å². The molecule has 0 spiro atoms. The van der Waals surface area contributed by atoms with Crippen LogP contribution in [0, 0.1) is 5.92 Å². The zero-order valence-corrected chi connectivity index (χ0v) is 13.6. The van der Waals surface area contributed by atoms with E-state index in [0.717, 1.165) is 19.4 Å². The fourth-order valence-electron chi connectivity index (χ4n) is 1.68. The molecule has 0 aliphatic rings. The zero-order chi connectivity index (χ0) is 13.5. The first-order valence-corrected chi connectivity index (χ1v) is 7.45. The fourth-order valence-corrected chi connectivity index (χ4v) is 2.38. The molecule has 0 fully saturated rings. The van der Waals surface area contributed by atoms with Gasteiger partial charge in [-0.15, -0.1) is 12.4 Å². The molecule has 0 bridgehead atoms. The van der Waals surface area contributed by atoms with Gasteiger partial charge in [-0.05, 0) is 41.1 Å². The van der Waals surface area contributed by atoms with E-state index in [1.54, 1.807) is 16.2 Å². The topological polar surface area (TPSA) is 46.3 Å². The Morgan fingerprint density at radius 2 is 2.16 bits per heavy atom. The normalized spacial score (nSPS) is 12.1. The highest BCUT2D eigenvalue weighted by Gasteiger charge is 2.12. The zero-order valence-electron chi connectivity index (χ0n) is 12.0. The van der Waals surface area contributed by atoms with Gasteiger partial charge in [0.15, 0.2) is 0 Å². The molecule has 1 rings (SSSR count). The van der Waals surface area contributed by atoms with Crippen LogP contribution in [0.3, 0.4) is 0 Å². The Balaban J connectivity index is 0.00000324. The standard InChI is InChI=1S/C14H24N2OS.ClH/c1-11(2)13(15)6-8-16(3)14(17)5-4-12-7-9-18-10-12;/h7,9-11,13H,4-6,8,15H2,1-3H3;1H. The largest absolute Gasteiger partial charge is 0.346 e. The number of amides is 1. The molecule has 1 atom stereocenters. The Hall–Kier alpha value is -0.580. The van der Waals surface area contributed by atoms with Crippen LogP contribution in [0.4, 0.5) is 0 Å². The molecule has 3 nitrogen and oxygen atoms in total. The van der Waals surface area contributed by atoms with Crippen molar-refractivity contribution in [3.63, 3.8) is 0 Å². The summed E-state index contributed by atoms with van der Waals surface area (Å²) >= 11 is 1.68. The van der Waals surface area contributed by atoms with Crippen LogP contribution < -0.4 is 5.73 Å². The number of nitrogens with zero attached hydrogens (tertiary/aromatic N) is 1. The first-order valence-electron chi connectivity index (χ1n) is 6.51. The summed E-state index contributed by atoms with van der Waals surface area (Å²) in [6.07, 6.45) is 2.30. The van der Waals surface area contributed by atoms with Crippen LogP contribution in [0.2, 0.25) is 0 Å². The molecule has 0 aliphatic heterocycles. The molecule has 0 saturated heterocycles. The van der Waals surface area contributed by atoms with Crippen LogP contribution in [-0.4, -0.2) is 30.4 Å². The van der Waals surface area contributed by atoms with Crippen molar-refractivity contribution in [2.45, 2.75) is 39.2 Å². The van der Waals surface area contributed by atoms with Crippen molar-refractivity contribution < 1.29 is 4.79 Å². The lowest BCUT2D eigenvalue weighted by Crippen LogP contribution is -2.34. The Kier molecular flexibility index (Phi) is 9.06. The monoisotopic (exact) mass is 304 g/mol. The van der Waals surface area contributed by atoms with Crippen molar-refractivity contribution in [1.29, 1.82) is 0 Å². The molecule has 110 valence electrons. The van der Waals surface area contributed by atoms with Gasteiger partial charge in [0.25, 0.3) is 0 Å². The van der Waals surface area contributed by atoms with Crippen LogP contribution >= 0.6 is 23.7 Å². The van der Waals surface area contributed by atoms with Gasteiger partial charge in [-0.1, -0.05) is 13.8 Å². The number of halogens is 1. The number of hydrogen-bond donors (Lipinski definition) is 1. The molecular formula is C14H25ClN2OS. The fraction of sp³-hybridized carbons (Fsp3) is 0.643. The molecule has 0 radical (unpaired) electrons. The second-order valence-corrected chi connectivity index (χ2v) is 5.92. The van der Waals surface area contributed by atoms with Crippen molar-refractivity contribution in [1.82, 2.24) is 4.90 Å². The van der Waals surface area contributed by atoms with E-state index in [2.05, 4.69) is 25.3 Å². The summed E-state index contributed by atoms with van der Waals surface area (Å²) in [5, 5.41) is 4.15. The van der Waals surface area contributed by atoms with Crippen LogP contribution in [-0.2, 0) is 11.2 Å². The predicted molar refractivity (Wildman–Crippen MR) is 85.0 cm³/mol. The summed E-state index contributed by atoms with van der Waals surface area (Å²) < 4.78 is 0. The molecule has 1 heterocycles. The van der Waals surface area contributed by atoms with Gasteiger partial charge in [0.1, 0.15) is 0 Å². The van der Waals surface area contributed by atoms with Gasteiger partial charge >= 0.3 is 0 Å². The molecule has 1 aromatic rings. The third-order valence-corrected chi connectivity index (χ3v) is 4.02. The van der Waals surface area contributed by atoms with E-state index in [0.29, 0.717) is 12.3 Å². The molecule has 1 unspecified atom stereocenters. The van der Waals surface area contributed by atoms with Crippen molar-refractivity contribution in [2.75, 3.05) is 13.6 Å². The SMILES string of the molecule is CC(C)C(N)CCN(C)C(=O)CCc1ccsc1.Cl. The van der Waals surface area contributed by atoms with E-state index in [1.165, 1.54) is 5.56 Å². The minimum Gasteiger partial charge on any atom is -0.346 e. The summed E-state index contributed by atoms with van der Waals surface area (Å²) in [6, 6.07) is 2.25. The number of carbonyl (C=O) groups is 1. The first-order chi connectivity index (χ1) is 8.50. The Bertz CT molecular complexity index is 354. The number of hydrogen-bond acceptors (Lipinski definition) is 3. The quantitative estimate of drug-likeness (QED) is 0.842. The maximum absolute atomic E-state index is 11.9. The van der Waals surface area contributed by atoms with E-state index in [1.807, 2.05) is 12.4 Å². The molecular weight excluding hydrogens is 280 g/mol. The van der Waals surface area contributed by atoms with E-state index in [-0.39, 0.29) is 24.4 Å². The average Bonchev–Trinajstić information content (AvgIpc) is 2.85. The van der Waals surface area contributed by atoms with Crippen LogP contribution in [0.25, 0.3) is 0 Å². The molecule has 0 aliphatic carbocycles. The van der Waals surface area contributed by atoms with E-state index >= 15 is 0 Å². The molecule has 1 amide bonds. The second kappa shape index (κ2) is 9.34. The van der Waals surface area contributed by atoms with E-state index in [9.17, 15) is 4.79 Å². The van der Waals surface area contributed by atoms with Gasteiger partial charge < -0.3 is 10.6 Å². The van der Waals surface area contributed by atoms with E-state index < -0.39 is 0 Å². The molecule has 1 aromatic heterocycles. The van der Waals surface area contributed by atoms with E-state index in [4.69, 9.17) is 5.73 Å². The third-order valence-electron chi connectivity index (χ3n) is 3.29. The summed E-state index contributed by atoms with van der Waals surface area (Å²) in [4.78, 5) is 13.7. The number of aryl methyl sites for hydroxylation is 1. The lowest BCUT2D eigenvalue weighted by Gasteiger charge is -2.21. The van der Waals surface area contributed by atoms with Gasteiger partial charge in [-0.25, -0.2) is 0 Å². The van der Waals surface area contributed by atoms with Gasteiger partial charge in [0.2, 0.25) is 5.91 Å².